The summed E-state index contributed by atoms with van der Waals surface area (Å²) in [4.78, 5) is 39.7. The van der Waals surface area contributed by atoms with Crippen molar-refractivity contribution in [3.05, 3.63) is 53.7 Å². The second kappa shape index (κ2) is 12.5. The molecule has 4 aromatic rings. The van der Waals surface area contributed by atoms with Crippen molar-refractivity contribution in [2.75, 3.05) is 24.3 Å². The van der Waals surface area contributed by atoms with E-state index < -0.39 is 34.8 Å². The maximum absolute atomic E-state index is 13.1. The predicted octanol–water partition coefficient (Wildman–Crippen LogP) is 1.15. The number of hydroxylamine groups is 2. The average molecular weight is 645 g/mol. The first-order chi connectivity index (χ1) is 20.9. The Bertz CT molecular complexity index is 1770. The van der Waals surface area contributed by atoms with Crippen LogP contribution in [0.2, 0.25) is 0 Å². The number of hydrogen-bond donors (Lipinski definition) is 4. The lowest BCUT2D eigenvalue weighted by Gasteiger charge is -2.50. The van der Waals surface area contributed by atoms with E-state index in [9.17, 15) is 13.8 Å². The zero-order chi connectivity index (χ0) is 31.6. The molecule has 1 aliphatic heterocycles. The van der Waals surface area contributed by atoms with Crippen LogP contribution in [0.25, 0.3) is 10.9 Å². The van der Waals surface area contributed by atoms with Crippen molar-refractivity contribution in [3.8, 4) is 5.75 Å². The Balaban J connectivity index is 1.19. The Morgan fingerprint density at radius 1 is 1.25 bits per heavy atom. The second-order valence-corrected chi connectivity index (χ2v) is 11.6. The number of thiazole rings is 1. The fraction of sp³-hybridized carbons (Fsp3) is 0.308. The number of β-lactam (4-membered cyclic amide) rings is 1. The van der Waals surface area contributed by atoms with Crippen molar-refractivity contribution < 1.29 is 36.9 Å². The van der Waals surface area contributed by atoms with E-state index in [1.54, 1.807) is 19.9 Å². The number of oxime groups is 1. The molecule has 0 bridgehead atoms. The summed E-state index contributed by atoms with van der Waals surface area (Å²) in [5, 5.41) is 13.1. The number of nitrogens with zero attached hydrogens (tertiary/aromatic N) is 6. The number of pyridine rings is 1. The number of amides is 2. The van der Waals surface area contributed by atoms with E-state index in [1.807, 2.05) is 60.0 Å². The van der Waals surface area contributed by atoms with Gasteiger partial charge in [-0.05, 0) is 44.2 Å². The van der Waals surface area contributed by atoms with Crippen LogP contribution in [0.3, 0.4) is 0 Å². The van der Waals surface area contributed by atoms with Crippen LogP contribution in [0.5, 0.6) is 5.75 Å². The smallest absolute Gasteiger partial charge is 0.325 e. The van der Waals surface area contributed by atoms with Gasteiger partial charge in [0.05, 0.1) is 24.2 Å². The molecule has 1 aliphatic rings. The first-order valence-electron chi connectivity index (χ1n) is 13.1. The summed E-state index contributed by atoms with van der Waals surface area (Å²) in [6, 6.07) is 10.2. The van der Waals surface area contributed by atoms with Gasteiger partial charge in [0.1, 0.15) is 29.9 Å². The van der Waals surface area contributed by atoms with Gasteiger partial charge in [0.15, 0.2) is 36.5 Å². The number of aryl methyl sites for hydroxylation is 1. The highest BCUT2D eigenvalue weighted by atomic mass is 32.2. The van der Waals surface area contributed by atoms with E-state index >= 15 is 0 Å². The van der Waals surface area contributed by atoms with Crippen LogP contribution in [0, 0.1) is 0 Å². The Kier molecular flexibility index (Phi) is 8.77. The number of nitrogen functional groups attached to an aromatic ring is 1. The normalized spacial score (nSPS) is 16.8. The van der Waals surface area contributed by atoms with Crippen LogP contribution in [0.4, 0.5) is 16.8 Å². The van der Waals surface area contributed by atoms with E-state index in [-0.39, 0.29) is 29.8 Å². The molecule has 44 heavy (non-hydrogen) atoms. The molecule has 2 amide bonds. The molecule has 0 saturated carbocycles. The molecular weight excluding hydrogens is 614 g/mol. The van der Waals surface area contributed by atoms with Crippen LogP contribution in [0.1, 0.15) is 19.5 Å². The molecule has 0 radical (unpaired) electrons. The predicted molar refractivity (Wildman–Crippen MR) is 161 cm³/mol. The monoisotopic (exact) mass is 644 g/mol. The van der Waals surface area contributed by atoms with Crippen molar-refractivity contribution in [2.24, 2.45) is 19.3 Å². The third-order valence-corrected chi connectivity index (χ3v) is 7.81. The lowest BCUT2D eigenvalue weighted by Crippen LogP contribution is -2.76. The SMILES string of the molecule is Cn1c(Nc2ccc3cc(OCCO/N=C(\C(=O)N[C@@H]4C(=O)N(OS(=O)O)C4(C)C)c4csc(N)n4)ccc3n2)cc[n+]1C. The van der Waals surface area contributed by atoms with Crippen LogP contribution in [0.15, 0.2) is 53.1 Å². The number of carbonyl (C=O) groups is 2. The van der Waals surface area contributed by atoms with Gasteiger partial charge < -0.3 is 25.9 Å². The standard InChI is InChI=1S/C26H29N9O7S2/c1-26(2)22(24(37)35(26)42-44(38)39)31-23(36)21(18-14-43-25(27)29-18)32-41-12-11-40-16-6-7-17-15(13-16)5-8-19(28-17)30-20-9-10-33(3)34(20)4/h5-10,13-14,22H,11-12H2,1-4H3,(H4,27,29,31,36,38,39)/p+1/b32-21-/t22-/m1/s1. The lowest BCUT2D eigenvalue weighted by molar-refractivity contribution is -0.750. The maximum Gasteiger partial charge on any atom is 0.325 e. The lowest BCUT2D eigenvalue weighted by atomic mass is 9.84. The molecule has 1 fully saturated rings. The Morgan fingerprint density at radius 3 is 2.70 bits per heavy atom. The third kappa shape index (κ3) is 6.47. The largest absolute Gasteiger partial charge is 0.490 e. The molecule has 16 nitrogen and oxygen atoms in total. The summed E-state index contributed by atoms with van der Waals surface area (Å²) >= 11 is -1.61. The van der Waals surface area contributed by atoms with E-state index in [1.165, 1.54) is 5.38 Å². The molecular formula is C26H30N9O7S2+. The number of rotatable bonds is 12. The number of anilines is 3. The molecule has 2 atom stereocenters. The van der Waals surface area contributed by atoms with Gasteiger partial charge in [-0.25, -0.2) is 9.97 Å². The molecule has 5 N–H and O–H groups in total. The van der Waals surface area contributed by atoms with Crippen molar-refractivity contribution >= 4 is 67.9 Å². The number of hydrogen-bond acceptors (Lipinski definition) is 12. The van der Waals surface area contributed by atoms with Crippen LogP contribution < -0.4 is 25.8 Å². The summed E-state index contributed by atoms with van der Waals surface area (Å²) in [5.74, 6) is 0.733. The highest BCUT2D eigenvalue weighted by Gasteiger charge is 2.57. The van der Waals surface area contributed by atoms with Crippen molar-refractivity contribution in [3.63, 3.8) is 0 Å². The van der Waals surface area contributed by atoms with Crippen LogP contribution in [-0.2, 0) is 44.2 Å². The highest BCUT2D eigenvalue weighted by molar-refractivity contribution is 7.74. The van der Waals surface area contributed by atoms with Crippen molar-refractivity contribution in [2.45, 2.75) is 25.4 Å². The van der Waals surface area contributed by atoms with E-state index in [2.05, 4.69) is 30.0 Å². The summed E-state index contributed by atoms with van der Waals surface area (Å²) in [6.45, 7) is 3.21. The first kappa shape index (κ1) is 30.8. The molecule has 3 aromatic heterocycles. The van der Waals surface area contributed by atoms with Gasteiger partial charge in [-0.3, -0.25) is 14.1 Å². The molecule has 1 saturated heterocycles. The zero-order valence-corrected chi connectivity index (χ0v) is 25.7. The minimum atomic E-state index is -2.70. The Hall–Kier alpha value is -4.65. The number of nitrogens with two attached hydrogens (primary N) is 1. The second-order valence-electron chi connectivity index (χ2n) is 10.2. The van der Waals surface area contributed by atoms with Gasteiger partial charge in [-0.2, -0.15) is 9.27 Å². The van der Waals surface area contributed by atoms with Gasteiger partial charge in [-0.15, -0.1) is 25.0 Å². The Labute approximate surface area is 257 Å². The molecule has 0 aliphatic carbocycles. The molecule has 232 valence electrons. The number of nitrogens with one attached hydrogen (secondary N) is 2. The van der Waals surface area contributed by atoms with Gasteiger partial charge >= 0.3 is 11.4 Å². The fourth-order valence-electron chi connectivity index (χ4n) is 4.37. The topological polar surface area (TPSA) is 199 Å². The van der Waals surface area contributed by atoms with Gasteiger partial charge in [0, 0.05) is 10.8 Å². The van der Waals surface area contributed by atoms with Gasteiger partial charge in [-0.1, -0.05) is 5.16 Å². The van der Waals surface area contributed by atoms with Gasteiger partial charge in [0.25, 0.3) is 11.8 Å². The maximum atomic E-state index is 13.1. The third-order valence-electron chi connectivity index (χ3n) is 6.86. The summed E-state index contributed by atoms with van der Waals surface area (Å²) in [6.07, 6.45) is 1.94. The summed E-state index contributed by atoms with van der Waals surface area (Å²) < 4.78 is 34.3. The zero-order valence-electron chi connectivity index (χ0n) is 24.1. The Morgan fingerprint density at radius 2 is 2.05 bits per heavy atom. The molecule has 5 rings (SSSR count). The van der Waals surface area contributed by atoms with E-state index in [0.717, 1.165) is 33.1 Å². The molecule has 1 aromatic carbocycles. The first-order valence-corrected chi connectivity index (χ1v) is 15.0. The molecule has 4 heterocycles. The summed E-state index contributed by atoms with van der Waals surface area (Å²) in [7, 11) is 3.89. The number of benzene rings is 1. The average Bonchev–Trinajstić information content (AvgIpc) is 3.56. The summed E-state index contributed by atoms with van der Waals surface area (Å²) in [5.41, 5.74) is 5.35. The quantitative estimate of drug-likeness (QED) is 0.0431. The fourth-order valence-corrected chi connectivity index (χ4v) is 5.31. The van der Waals surface area contributed by atoms with E-state index in [4.69, 9.17) is 19.9 Å². The number of ether oxygens (including phenoxy) is 1. The van der Waals surface area contributed by atoms with E-state index in [0.29, 0.717) is 11.6 Å². The molecule has 0 spiro atoms. The number of fused-ring (bicyclic) bond motifs is 1. The van der Waals surface area contributed by atoms with Gasteiger partial charge in [0.2, 0.25) is 0 Å². The van der Waals surface area contributed by atoms with Crippen molar-refractivity contribution in [1.29, 1.82) is 0 Å². The molecule has 1 unspecified atom stereocenters. The minimum Gasteiger partial charge on any atom is -0.490 e. The highest BCUT2D eigenvalue weighted by Crippen LogP contribution is 2.32. The van der Waals surface area contributed by atoms with Crippen LogP contribution >= 0.6 is 11.3 Å². The van der Waals surface area contributed by atoms with Crippen molar-refractivity contribution in [1.82, 2.24) is 25.0 Å². The number of aromatic nitrogens is 4. The number of carbonyl (C=O) groups excluding carboxylic acids is 2. The minimum absolute atomic E-state index is 0.0125. The molecule has 18 heteroatoms. The van der Waals surface area contributed by atoms with Crippen LogP contribution in [-0.4, -0.2) is 70.8 Å².